The third-order valence-corrected chi connectivity index (χ3v) is 3.76. The fourth-order valence-corrected chi connectivity index (χ4v) is 2.34. The largest absolute Gasteiger partial charge is 0.477 e. The van der Waals surface area contributed by atoms with E-state index in [0.29, 0.717) is 0 Å². The standard InChI is InChI=1S/C14H12FNO3/c1-14(5-6-14)16-7-9(13(18)19)12(17)8-3-2-4-10(15)11(8)16/h2-4,7H,5-6H2,1H3,(H,18,19). The van der Waals surface area contributed by atoms with Crippen molar-refractivity contribution in [2.24, 2.45) is 0 Å². The summed E-state index contributed by atoms with van der Waals surface area (Å²) in [5, 5.41) is 9.22. The number of benzene rings is 1. The Bertz CT molecular complexity index is 759. The molecule has 1 aliphatic rings. The quantitative estimate of drug-likeness (QED) is 0.902. The van der Waals surface area contributed by atoms with Crippen molar-refractivity contribution < 1.29 is 14.3 Å². The average Bonchev–Trinajstić information content (AvgIpc) is 3.09. The van der Waals surface area contributed by atoms with E-state index in [9.17, 15) is 14.0 Å². The first kappa shape index (κ1) is 11.9. The molecule has 0 aliphatic heterocycles. The summed E-state index contributed by atoms with van der Waals surface area (Å²) in [4.78, 5) is 23.2. The summed E-state index contributed by atoms with van der Waals surface area (Å²) in [6, 6.07) is 4.17. The van der Waals surface area contributed by atoms with Crippen LogP contribution >= 0.6 is 0 Å². The molecule has 0 saturated heterocycles. The number of carbonyl (C=O) groups is 1. The Morgan fingerprint density at radius 3 is 2.68 bits per heavy atom. The molecule has 0 amide bonds. The maximum Gasteiger partial charge on any atom is 0.341 e. The van der Waals surface area contributed by atoms with Gasteiger partial charge in [-0.25, -0.2) is 9.18 Å². The molecule has 2 aromatic rings. The normalized spacial score (nSPS) is 16.5. The van der Waals surface area contributed by atoms with Crippen molar-refractivity contribution in [3.05, 3.63) is 46.0 Å². The second-order valence-electron chi connectivity index (χ2n) is 5.18. The van der Waals surface area contributed by atoms with Crippen LogP contribution < -0.4 is 5.43 Å². The van der Waals surface area contributed by atoms with Crippen LogP contribution in [0, 0.1) is 5.82 Å². The van der Waals surface area contributed by atoms with Crippen molar-refractivity contribution in [2.45, 2.75) is 25.3 Å². The number of hydrogen-bond acceptors (Lipinski definition) is 2. The number of rotatable bonds is 2. The second kappa shape index (κ2) is 3.66. The zero-order chi connectivity index (χ0) is 13.8. The summed E-state index contributed by atoms with van der Waals surface area (Å²) >= 11 is 0. The van der Waals surface area contributed by atoms with Gasteiger partial charge in [0.25, 0.3) is 0 Å². The summed E-state index contributed by atoms with van der Waals surface area (Å²) < 4.78 is 15.6. The average molecular weight is 261 g/mol. The molecule has 1 aromatic carbocycles. The summed E-state index contributed by atoms with van der Waals surface area (Å²) in [5.41, 5.74) is -1.05. The highest BCUT2D eigenvalue weighted by Gasteiger charge is 2.40. The number of pyridine rings is 1. The van der Waals surface area contributed by atoms with E-state index < -0.39 is 17.2 Å². The molecule has 98 valence electrons. The molecule has 1 heterocycles. The lowest BCUT2D eigenvalue weighted by molar-refractivity contribution is 0.0694. The molecular formula is C14H12FNO3. The topological polar surface area (TPSA) is 59.3 Å². The summed E-state index contributed by atoms with van der Waals surface area (Å²) in [7, 11) is 0. The Kier molecular flexibility index (Phi) is 2.29. The van der Waals surface area contributed by atoms with Crippen LogP contribution in [0.15, 0.2) is 29.2 Å². The fraction of sp³-hybridized carbons (Fsp3) is 0.286. The monoisotopic (exact) mass is 261 g/mol. The number of nitrogens with zero attached hydrogens (tertiary/aromatic N) is 1. The van der Waals surface area contributed by atoms with Crippen LogP contribution in [0.3, 0.4) is 0 Å². The number of fused-ring (bicyclic) bond motifs is 1. The number of aromatic carboxylic acids is 1. The van der Waals surface area contributed by atoms with E-state index in [1.807, 2.05) is 6.92 Å². The van der Waals surface area contributed by atoms with Crippen molar-refractivity contribution in [3.8, 4) is 0 Å². The van der Waals surface area contributed by atoms with E-state index in [1.54, 1.807) is 4.57 Å². The lowest BCUT2D eigenvalue weighted by Crippen LogP contribution is -2.23. The predicted molar refractivity (Wildman–Crippen MR) is 68.0 cm³/mol. The predicted octanol–water partition coefficient (Wildman–Crippen LogP) is 2.35. The third-order valence-electron chi connectivity index (χ3n) is 3.76. The van der Waals surface area contributed by atoms with E-state index in [4.69, 9.17) is 5.11 Å². The lowest BCUT2D eigenvalue weighted by atomic mass is 10.1. The van der Waals surface area contributed by atoms with E-state index in [-0.39, 0.29) is 22.0 Å². The van der Waals surface area contributed by atoms with E-state index in [0.717, 1.165) is 12.8 Å². The molecule has 0 bridgehead atoms. The van der Waals surface area contributed by atoms with Gasteiger partial charge in [0.05, 0.1) is 5.52 Å². The molecule has 4 nitrogen and oxygen atoms in total. The third kappa shape index (κ3) is 1.65. The van der Waals surface area contributed by atoms with Crippen molar-refractivity contribution in [1.82, 2.24) is 4.57 Å². The molecule has 19 heavy (non-hydrogen) atoms. The van der Waals surface area contributed by atoms with Crippen molar-refractivity contribution in [1.29, 1.82) is 0 Å². The van der Waals surface area contributed by atoms with Gasteiger partial charge in [-0.2, -0.15) is 0 Å². The van der Waals surface area contributed by atoms with Gasteiger partial charge in [-0.1, -0.05) is 6.07 Å². The minimum Gasteiger partial charge on any atom is -0.477 e. The van der Waals surface area contributed by atoms with Crippen LogP contribution in [0.1, 0.15) is 30.1 Å². The molecule has 1 aromatic heterocycles. The second-order valence-corrected chi connectivity index (χ2v) is 5.18. The Hall–Kier alpha value is -2.17. The molecule has 0 unspecified atom stereocenters. The molecule has 1 fully saturated rings. The Morgan fingerprint density at radius 1 is 1.42 bits per heavy atom. The molecule has 1 aliphatic carbocycles. The Morgan fingerprint density at radius 2 is 2.11 bits per heavy atom. The summed E-state index contributed by atoms with van der Waals surface area (Å²) in [6.07, 6.45) is 2.96. The molecule has 0 atom stereocenters. The molecule has 0 radical (unpaired) electrons. The van der Waals surface area contributed by atoms with Gasteiger partial charge in [0.1, 0.15) is 11.4 Å². The maximum atomic E-state index is 14.0. The first-order valence-corrected chi connectivity index (χ1v) is 6.02. The van der Waals surface area contributed by atoms with E-state index >= 15 is 0 Å². The van der Waals surface area contributed by atoms with Crippen molar-refractivity contribution >= 4 is 16.9 Å². The highest BCUT2D eigenvalue weighted by molar-refractivity contribution is 5.92. The number of carboxylic acids is 1. The first-order valence-electron chi connectivity index (χ1n) is 6.02. The van der Waals surface area contributed by atoms with Crippen LogP contribution in [-0.4, -0.2) is 15.6 Å². The van der Waals surface area contributed by atoms with Gasteiger partial charge in [0, 0.05) is 17.1 Å². The van der Waals surface area contributed by atoms with Crippen molar-refractivity contribution in [2.75, 3.05) is 0 Å². The fourth-order valence-electron chi connectivity index (χ4n) is 2.34. The van der Waals surface area contributed by atoms with Crippen molar-refractivity contribution in [3.63, 3.8) is 0 Å². The molecule has 5 heteroatoms. The summed E-state index contributed by atoms with van der Waals surface area (Å²) in [6.45, 7) is 1.93. The first-order chi connectivity index (χ1) is 8.94. The van der Waals surface area contributed by atoms with E-state index in [1.165, 1.54) is 24.4 Å². The highest BCUT2D eigenvalue weighted by Crippen LogP contribution is 2.44. The Labute approximate surface area is 108 Å². The maximum absolute atomic E-state index is 14.0. The van der Waals surface area contributed by atoms with Crippen LogP contribution in [0.2, 0.25) is 0 Å². The number of carboxylic acid groups (broad SMARTS) is 1. The smallest absolute Gasteiger partial charge is 0.341 e. The molecule has 0 spiro atoms. The van der Waals surface area contributed by atoms with Crippen LogP contribution in [0.5, 0.6) is 0 Å². The van der Waals surface area contributed by atoms with Gasteiger partial charge in [0.15, 0.2) is 0 Å². The molecule has 1 saturated carbocycles. The zero-order valence-corrected chi connectivity index (χ0v) is 10.3. The van der Waals surface area contributed by atoms with Gasteiger partial charge in [-0.15, -0.1) is 0 Å². The minimum absolute atomic E-state index is 0.119. The van der Waals surface area contributed by atoms with Gasteiger partial charge in [-0.05, 0) is 31.9 Å². The highest BCUT2D eigenvalue weighted by atomic mass is 19.1. The van der Waals surface area contributed by atoms with Crippen LogP contribution in [0.25, 0.3) is 10.9 Å². The SMILES string of the molecule is CC1(n2cc(C(=O)O)c(=O)c3cccc(F)c32)CC1. The molecule has 1 N–H and O–H groups in total. The minimum atomic E-state index is -1.28. The Balaban J connectivity index is 2.50. The van der Waals surface area contributed by atoms with Gasteiger partial charge >= 0.3 is 5.97 Å². The number of aromatic nitrogens is 1. The summed E-state index contributed by atoms with van der Waals surface area (Å²) in [5.74, 6) is -1.78. The number of halogens is 1. The lowest BCUT2D eigenvalue weighted by Gasteiger charge is -2.18. The molecule has 3 rings (SSSR count). The number of hydrogen-bond donors (Lipinski definition) is 1. The number of para-hydroxylation sites is 1. The van der Waals surface area contributed by atoms with E-state index in [2.05, 4.69) is 0 Å². The van der Waals surface area contributed by atoms with Gasteiger partial charge in [-0.3, -0.25) is 4.79 Å². The van der Waals surface area contributed by atoms with Gasteiger partial charge < -0.3 is 9.67 Å². The van der Waals surface area contributed by atoms with Crippen LogP contribution in [-0.2, 0) is 5.54 Å². The van der Waals surface area contributed by atoms with Crippen LogP contribution in [0.4, 0.5) is 4.39 Å². The van der Waals surface area contributed by atoms with Gasteiger partial charge in [0.2, 0.25) is 5.43 Å². The molecular weight excluding hydrogens is 249 g/mol. The zero-order valence-electron chi connectivity index (χ0n) is 10.3.